The Bertz CT molecular complexity index is 986. The van der Waals surface area contributed by atoms with Crippen LogP contribution in [0.25, 0.3) is 11.3 Å². The quantitative estimate of drug-likeness (QED) is 0.540. The molecule has 0 bridgehead atoms. The molecule has 9 heteroatoms. The number of alkyl halides is 3. The zero-order chi connectivity index (χ0) is 20.9. The number of amides is 1. The first-order valence-electron chi connectivity index (χ1n) is 8.71. The number of carbonyl (C=O) groups is 1. The molecular formula is C20H17F4N3O2. The number of nitrogens with zero attached hydrogens (tertiary/aromatic N) is 1. The second-order valence-corrected chi connectivity index (χ2v) is 6.16. The lowest BCUT2D eigenvalue weighted by molar-refractivity contribution is -0.116. The smallest absolute Gasteiger partial charge is 0.405 e. The average Bonchev–Trinajstić information content (AvgIpc) is 3.14. The number of rotatable bonds is 7. The van der Waals surface area contributed by atoms with Gasteiger partial charge in [0, 0.05) is 12.8 Å². The number of aryl methyl sites for hydroxylation is 1. The van der Waals surface area contributed by atoms with Crippen LogP contribution >= 0.6 is 0 Å². The summed E-state index contributed by atoms with van der Waals surface area (Å²) in [7, 11) is 0. The highest BCUT2D eigenvalue weighted by Crippen LogP contribution is 2.25. The first-order chi connectivity index (χ1) is 13.8. The highest BCUT2D eigenvalue weighted by Gasteiger charge is 2.27. The highest BCUT2D eigenvalue weighted by atomic mass is 19.4. The molecule has 0 aliphatic heterocycles. The summed E-state index contributed by atoms with van der Waals surface area (Å²) >= 11 is 0. The van der Waals surface area contributed by atoms with Crippen molar-refractivity contribution in [2.45, 2.75) is 19.0 Å². The molecule has 2 N–H and O–H groups in total. The van der Waals surface area contributed by atoms with E-state index in [1.807, 2.05) is 0 Å². The Morgan fingerprint density at radius 2 is 1.72 bits per heavy atom. The van der Waals surface area contributed by atoms with Gasteiger partial charge in [0.2, 0.25) is 5.91 Å². The van der Waals surface area contributed by atoms with E-state index in [2.05, 4.69) is 15.6 Å². The number of hydrogen-bond acceptors (Lipinski definition) is 4. The molecular weight excluding hydrogens is 390 g/mol. The van der Waals surface area contributed by atoms with E-state index in [0.29, 0.717) is 0 Å². The second kappa shape index (κ2) is 8.76. The van der Waals surface area contributed by atoms with E-state index in [-0.39, 0.29) is 41.4 Å². The molecule has 2 aromatic carbocycles. The predicted octanol–water partition coefficient (Wildman–Crippen LogP) is 5.03. The standard InChI is InChI=1S/C20H17F4N3O2/c21-14-6-2-1-5-13(14)17-11-25-19(29-17)10-9-18(28)27-16-8-4-3-7-15(16)26-12-20(22,23)24/h1-8,11,26H,9-10,12H2,(H,27,28). The van der Waals surface area contributed by atoms with Crippen molar-refractivity contribution < 1.29 is 26.8 Å². The zero-order valence-electron chi connectivity index (χ0n) is 15.1. The van der Waals surface area contributed by atoms with Gasteiger partial charge in [0.1, 0.15) is 12.4 Å². The van der Waals surface area contributed by atoms with Gasteiger partial charge >= 0.3 is 6.18 Å². The molecule has 1 amide bonds. The van der Waals surface area contributed by atoms with Gasteiger partial charge in [-0.15, -0.1) is 0 Å². The van der Waals surface area contributed by atoms with E-state index < -0.39 is 24.4 Å². The van der Waals surface area contributed by atoms with Crippen LogP contribution in [0.4, 0.5) is 28.9 Å². The van der Waals surface area contributed by atoms with Gasteiger partial charge in [0.05, 0.1) is 23.1 Å². The molecule has 3 rings (SSSR count). The maximum atomic E-state index is 13.8. The van der Waals surface area contributed by atoms with Crippen molar-refractivity contribution in [2.24, 2.45) is 0 Å². The van der Waals surface area contributed by atoms with Crippen LogP contribution < -0.4 is 10.6 Å². The molecule has 1 aromatic heterocycles. The van der Waals surface area contributed by atoms with Gasteiger partial charge in [0.15, 0.2) is 11.7 Å². The van der Waals surface area contributed by atoms with Crippen molar-refractivity contribution >= 4 is 17.3 Å². The van der Waals surface area contributed by atoms with Gasteiger partial charge in [-0.25, -0.2) is 9.37 Å². The molecule has 0 aliphatic carbocycles. The van der Waals surface area contributed by atoms with Gasteiger partial charge < -0.3 is 15.1 Å². The average molecular weight is 407 g/mol. The Morgan fingerprint density at radius 3 is 2.45 bits per heavy atom. The fourth-order valence-electron chi connectivity index (χ4n) is 2.59. The van der Waals surface area contributed by atoms with Gasteiger partial charge in [-0.3, -0.25) is 4.79 Å². The molecule has 0 aliphatic rings. The molecule has 0 saturated heterocycles. The largest absolute Gasteiger partial charge is 0.441 e. The summed E-state index contributed by atoms with van der Waals surface area (Å²) in [4.78, 5) is 16.2. The Hall–Kier alpha value is -3.36. The highest BCUT2D eigenvalue weighted by molar-refractivity contribution is 5.94. The first kappa shape index (κ1) is 20.4. The van der Waals surface area contributed by atoms with Crippen LogP contribution in [0.2, 0.25) is 0 Å². The molecule has 152 valence electrons. The molecule has 0 saturated carbocycles. The molecule has 29 heavy (non-hydrogen) atoms. The van der Waals surface area contributed by atoms with E-state index in [1.165, 1.54) is 24.4 Å². The third kappa shape index (κ3) is 5.81. The summed E-state index contributed by atoms with van der Waals surface area (Å²) in [5.41, 5.74) is 0.665. The van der Waals surface area contributed by atoms with Crippen LogP contribution in [-0.2, 0) is 11.2 Å². The minimum atomic E-state index is -4.38. The monoisotopic (exact) mass is 407 g/mol. The number of halogens is 4. The molecule has 5 nitrogen and oxygen atoms in total. The fraction of sp³-hybridized carbons (Fsp3) is 0.200. The minimum absolute atomic E-state index is 0.00910. The molecule has 1 heterocycles. The van der Waals surface area contributed by atoms with Gasteiger partial charge in [-0.05, 0) is 24.3 Å². The van der Waals surface area contributed by atoms with E-state index in [0.717, 1.165) is 0 Å². The number of anilines is 2. The Kier molecular flexibility index (Phi) is 6.16. The number of benzene rings is 2. The zero-order valence-corrected chi connectivity index (χ0v) is 15.1. The van der Waals surface area contributed by atoms with Gasteiger partial charge in [-0.1, -0.05) is 24.3 Å². The molecule has 0 unspecified atom stereocenters. The predicted molar refractivity (Wildman–Crippen MR) is 99.8 cm³/mol. The lowest BCUT2D eigenvalue weighted by Crippen LogP contribution is -2.22. The van der Waals surface area contributed by atoms with Crippen LogP contribution in [0.1, 0.15) is 12.3 Å². The molecule has 0 radical (unpaired) electrons. The number of hydrogen-bond donors (Lipinski definition) is 2. The maximum absolute atomic E-state index is 13.8. The van der Waals surface area contributed by atoms with Crippen LogP contribution in [0.5, 0.6) is 0 Å². The maximum Gasteiger partial charge on any atom is 0.405 e. The molecule has 3 aromatic rings. The molecule has 0 atom stereocenters. The first-order valence-corrected chi connectivity index (χ1v) is 8.71. The third-order valence-electron chi connectivity index (χ3n) is 3.94. The van der Waals surface area contributed by atoms with Crippen molar-refractivity contribution in [2.75, 3.05) is 17.2 Å². The lowest BCUT2D eigenvalue weighted by atomic mass is 10.2. The second-order valence-electron chi connectivity index (χ2n) is 6.16. The summed E-state index contributed by atoms with van der Waals surface area (Å²) in [5.74, 6) is -0.366. The van der Waals surface area contributed by atoms with Crippen molar-refractivity contribution in [1.82, 2.24) is 4.98 Å². The topological polar surface area (TPSA) is 67.2 Å². The van der Waals surface area contributed by atoms with Gasteiger partial charge in [0.25, 0.3) is 0 Å². The Labute approximate surface area is 163 Å². The Morgan fingerprint density at radius 1 is 1.03 bits per heavy atom. The van der Waals surface area contributed by atoms with E-state index >= 15 is 0 Å². The summed E-state index contributed by atoms with van der Waals surface area (Å²) < 4.78 is 56.5. The number of para-hydroxylation sites is 2. The van der Waals surface area contributed by atoms with E-state index in [9.17, 15) is 22.4 Å². The number of oxazole rings is 1. The SMILES string of the molecule is O=C(CCc1ncc(-c2ccccc2F)o1)Nc1ccccc1NCC(F)(F)F. The lowest BCUT2D eigenvalue weighted by Gasteiger charge is -2.14. The van der Waals surface area contributed by atoms with Crippen molar-refractivity contribution in [3.05, 3.63) is 66.4 Å². The third-order valence-corrected chi connectivity index (χ3v) is 3.94. The van der Waals surface area contributed by atoms with Crippen molar-refractivity contribution in [1.29, 1.82) is 0 Å². The summed E-state index contributed by atoms with van der Waals surface area (Å²) in [6.07, 6.45) is -2.86. The van der Waals surface area contributed by atoms with Crippen molar-refractivity contribution in [3.8, 4) is 11.3 Å². The molecule has 0 fully saturated rings. The minimum Gasteiger partial charge on any atom is -0.441 e. The van der Waals surface area contributed by atoms with Gasteiger partial charge in [-0.2, -0.15) is 13.2 Å². The fourth-order valence-corrected chi connectivity index (χ4v) is 2.59. The van der Waals surface area contributed by atoms with E-state index in [4.69, 9.17) is 4.42 Å². The van der Waals surface area contributed by atoms with Crippen LogP contribution in [-0.4, -0.2) is 23.6 Å². The summed E-state index contributed by atoms with van der Waals surface area (Å²) in [6, 6.07) is 12.2. The van der Waals surface area contributed by atoms with Crippen LogP contribution in [0.3, 0.4) is 0 Å². The van der Waals surface area contributed by atoms with Crippen LogP contribution in [0.15, 0.2) is 59.1 Å². The normalized spacial score (nSPS) is 11.3. The number of carbonyl (C=O) groups excluding carboxylic acids is 1. The summed E-state index contributed by atoms with van der Waals surface area (Å²) in [6.45, 7) is -1.21. The van der Waals surface area contributed by atoms with E-state index in [1.54, 1.807) is 30.3 Å². The number of nitrogens with one attached hydrogen (secondary N) is 2. The summed E-state index contributed by atoms with van der Waals surface area (Å²) in [5, 5.41) is 4.82. The Balaban J connectivity index is 1.58. The number of aromatic nitrogens is 1. The van der Waals surface area contributed by atoms with Crippen molar-refractivity contribution in [3.63, 3.8) is 0 Å². The van der Waals surface area contributed by atoms with Crippen LogP contribution in [0, 0.1) is 5.82 Å². The molecule has 0 spiro atoms.